The zero-order valence-corrected chi connectivity index (χ0v) is 7.99. The molecule has 4 nitrogen and oxygen atoms in total. The molecule has 4 heteroatoms. The Bertz CT molecular complexity index is 336. The highest BCUT2D eigenvalue weighted by molar-refractivity contribution is 5.81. The van der Waals surface area contributed by atoms with Crippen molar-refractivity contribution in [2.45, 2.75) is 19.3 Å². The van der Waals surface area contributed by atoms with Gasteiger partial charge in [0.25, 0.3) is 0 Å². The SMILES string of the molecule is N#CC1=C(N)CCN(C(=O)C2CC2)C1. The standard InChI is InChI=1S/C10H13N3O/c11-5-8-6-13(4-3-9(8)12)10(14)7-1-2-7/h7H,1-4,6,12H2. The van der Waals surface area contributed by atoms with E-state index in [0.29, 0.717) is 30.8 Å². The van der Waals surface area contributed by atoms with Gasteiger partial charge in [0.15, 0.2) is 0 Å². The summed E-state index contributed by atoms with van der Waals surface area (Å²) in [6, 6.07) is 2.06. The number of hydrogen-bond acceptors (Lipinski definition) is 3. The maximum absolute atomic E-state index is 11.7. The van der Waals surface area contributed by atoms with Gasteiger partial charge < -0.3 is 10.6 Å². The molecular weight excluding hydrogens is 178 g/mol. The molecule has 0 bridgehead atoms. The molecule has 0 unspecified atom stereocenters. The van der Waals surface area contributed by atoms with Crippen LogP contribution in [0.25, 0.3) is 0 Å². The fraction of sp³-hybridized carbons (Fsp3) is 0.600. The van der Waals surface area contributed by atoms with E-state index in [-0.39, 0.29) is 11.8 Å². The van der Waals surface area contributed by atoms with E-state index in [2.05, 4.69) is 6.07 Å². The summed E-state index contributed by atoms with van der Waals surface area (Å²) >= 11 is 0. The third-order valence-corrected chi connectivity index (χ3v) is 2.76. The second kappa shape index (κ2) is 3.33. The summed E-state index contributed by atoms with van der Waals surface area (Å²) in [5.41, 5.74) is 6.87. The lowest BCUT2D eigenvalue weighted by Crippen LogP contribution is -2.38. The fourth-order valence-electron chi connectivity index (χ4n) is 1.66. The number of rotatable bonds is 1. The van der Waals surface area contributed by atoms with Crippen molar-refractivity contribution < 1.29 is 4.79 Å². The molecule has 14 heavy (non-hydrogen) atoms. The molecule has 0 atom stereocenters. The van der Waals surface area contributed by atoms with E-state index in [0.717, 1.165) is 12.8 Å². The summed E-state index contributed by atoms with van der Waals surface area (Å²) < 4.78 is 0. The third kappa shape index (κ3) is 1.58. The van der Waals surface area contributed by atoms with Crippen molar-refractivity contribution in [1.29, 1.82) is 5.26 Å². The highest BCUT2D eigenvalue weighted by Gasteiger charge is 2.34. The minimum atomic E-state index is 0.199. The van der Waals surface area contributed by atoms with Crippen LogP contribution in [-0.4, -0.2) is 23.9 Å². The Morgan fingerprint density at radius 2 is 2.29 bits per heavy atom. The van der Waals surface area contributed by atoms with Crippen molar-refractivity contribution in [2.24, 2.45) is 11.7 Å². The first-order valence-electron chi connectivity index (χ1n) is 4.88. The lowest BCUT2D eigenvalue weighted by molar-refractivity contribution is -0.132. The topological polar surface area (TPSA) is 70.1 Å². The quantitative estimate of drug-likeness (QED) is 0.650. The Labute approximate surface area is 83.0 Å². The summed E-state index contributed by atoms with van der Waals surface area (Å²) in [6.45, 7) is 1.09. The van der Waals surface area contributed by atoms with Crippen molar-refractivity contribution in [3.8, 4) is 6.07 Å². The number of hydrogen-bond donors (Lipinski definition) is 1. The van der Waals surface area contributed by atoms with Gasteiger partial charge in [-0.1, -0.05) is 0 Å². The highest BCUT2D eigenvalue weighted by Crippen LogP contribution is 2.32. The van der Waals surface area contributed by atoms with Gasteiger partial charge in [-0.05, 0) is 12.8 Å². The molecule has 2 aliphatic rings. The maximum atomic E-state index is 11.7. The van der Waals surface area contributed by atoms with Gasteiger partial charge in [-0.3, -0.25) is 4.79 Å². The Morgan fingerprint density at radius 3 is 2.86 bits per heavy atom. The summed E-state index contributed by atoms with van der Waals surface area (Å²) in [7, 11) is 0. The summed E-state index contributed by atoms with van der Waals surface area (Å²) in [5.74, 6) is 0.430. The average Bonchev–Trinajstić information content (AvgIpc) is 3.01. The average molecular weight is 191 g/mol. The molecule has 1 saturated carbocycles. The first-order chi connectivity index (χ1) is 6.72. The molecule has 74 valence electrons. The Hall–Kier alpha value is -1.50. The van der Waals surface area contributed by atoms with Crippen LogP contribution in [0, 0.1) is 17.2 Å². The molecule has 1 amide bonds. The second-order valence-corrected chi connectivity index (χ2v) is 3.90. The Morgan fingerprint density at radius 1 is 1.57 bits per heavy atom. The Kier molecular flexibility index (Phi) is 2.16. The molecule has 0 spiro atoms. The monoisotopic (exact) mass is 191 g/mol. The second-order valence-electron chi connectivity index (χ2n) is 3.90. The summed E-state index contributed by atoms with van der Waals surface area (Å²) in [5, 5.41) is 8.79. The first-order valence-corrected chi connectivity index (χ1v) is 4.88. The number of carbonyl (C=O) groups is 1. The van der Waals surface area contributed by atoms with E-state index in [1.54, 1.807) is 4.90 Å². The van der Waals surface area contributed by atoms with Gasteiger partial charge >= 0.3 is 0 Å². The maximum Gasteiger partial charge on any atom is 0.226 e. The number of nitrogens with zero attached hydrogens (tertiary/aromatic N) is 2. The first kappa shape index (κ1) is 9.07. The molecule has 0 aromatic heterocycles. The van der Waals surface area contributed by atoms with Gasteiger partial charge in [0.1, 0.15) is 0 Å². The van der Waals surface area contributed by atoms with Crippen LogP contribution in [-0.2, 0) is 4.79 Å². The minimum absolute atomic E-state index is 0.199. The smallest absolute Gasteiger partial charge is 0.226 e. The molecule has 2 rings (SSSR count). The van der Waals surface area contributed by atoms with Crippen LogP contribution < -0.4 is 5.73 Å². The van der Waals surface area contributed by atoms with E-state index in [4.69, 9.17) is 11.0 Å². The molecule has 1 aliphatic carbocycles. The lowest BCUT2D eigenvalue weighted by atomic mass is 10.1. The van der Waals surface area contributed by atoms with Crippen molar-refractivity contribution in [3.63, 3.8) is 0 Å². The van der Waals surface area contributed by atoms with Crippen molar-refractivity contribution >= 4 is 5.91 Å². The van der Waals surface area contributed by atoms with Crippen LogP contribution in [0.1, 0.15) is 19.3 Å². The fourth-order valence-corrected chi connectivity index (χ4v) is 1.66. The zero-order chi connectivity index (χ0) is 10.1. The van der Waals surface area contributed by atoms with Gasteiger partial charge in [-0.2, -0.15) is 5.26 Å². The van der Waals surface area contributed by atoms with Crippen LogP contribution in [0.5, 0.6) is 0 Å². The van der Waals surface area contributed by atoms with Crippen LogP contribution in [0.3, 0.4) is 0 Å². The van der Waals surface area contributed by atoms with E-state index in [1.165, 1.54) is 0 Å². The van der Waals surface area contributed by atoms with Gasteiger partial charge in [-0.25, -0.2) is 0 Å². The van der Waals surface area contributed by atoms with Crippen molar-refractivity contribution in [3.05, 3.63) is 11.3 Å². The largest absolute Gasteiger partial charge is 0.401 e. The van der Waals surface area contributed by atoms with Crippen LogP contribution in [0.2, 0.25) is 0 Å². The number of nitrogens with two attached hydrogens (primary N) is 1. The van der Waals surface area contributed by atoms with E-state index in [9.17, 15) is 4.79 Å². The number of amides is 1. The van der Waals surface area contributed by atoms with Gasteiger partial charge in [0, 0.05) is 24.6 Å². The van der Waals surface area contributed by atoms with Crippen LogP contribution in [0.15, 0.2) is 11.3 Å². The summed E-state index contributed by atoms with van der Waals surface area (Å²) in [6.07, 6.45) is 2.66. The van der Waals surface area contributed by atoms with Gasteiger partial charge in [-0.15, -0.1) is 0 Å². The van der Waals surface area contributed by atoms with Crippen LogP contribution in [0.4, 0.5) is 0 Å². The molecule has 0 aromatic rings. The lowest BCUT2D eigenvalue weighted by Gasteiger charge is -2.27. The van der Waals surface area contributed by atoms with E-state index < -0.39 is 0 Å². The van der Waals surface area contributed by atoms with E-state index >= 15 is 0 Å². The third-order valence-electron chi connectivity index (χ3n) is 2.76. The predicted molar refractivity (Wildman–Crippen MR) is 50.7 cm³/mol. The molecule has 0 radical (unpaired) electrons. The highest BCUT2D eigenvalue weighted by atomic mass is 16.2. The molecule has 0 aromatic carbocycles. The molecule has 0 saturated heterocycles. The summed E-state index contributed by atoms with van der Waals surface area (Å²) in [4.78, 5) is 13.4. The molecular formula is C10H13N3O. The van der Waals surface area contributed by atoms with Crippen LogP contribution >= 0.6 is 0 Å². The Balaban J connectivity index is 2.05. The molecule has 1 fully saturated rings. The number of carbonyl (C=O) groups excluding carboxylic acids is 1. The van der Waals surface area contributed by atoms with Crippen molar-refractivity contribution in [1.82, 2.24) is 4.90 Å². The normalized spacial score (nSPS) is 22.1. The molecule has 1 aliphatic heterocycles. The predicted octanol–water partition coefficient (Wildman–Crippen LogP) is 0.365. The molecule has 1 heterocycles. The number of nitriles is 1. The van der Waals surface area contributed by atoms with Gasteiger partial charge in [0.05, 0.1) is 18.2 Å². The zero-order valence-electron chi connectivity index (χ0n) is 7.99. The van der Waals surface area contributed by atoms with Gasteiger partial charge in [0.2, 0.25) is 5.91 Å². The van der Waals surface area contributed by atoms with Crippen molar-refractivity contribution in [2.75, 3.05) is 13.1 Å². The van der Waals surface area contributed by atoms with E-state index in [1.807, 2.05) is 0 Å². The molecule has 2 N–H and O–H groups in total. The minimum Gasteiger partial charge on any atom is -0.401 e.